The Labute approximate surface area is 189 Å². The molecule has 2 aliphatic rings. The minimum atomic E-state index is -4.26. The lowest BCUT2D eigenvalue weighted by molar-refractivity contribution is -0.186. The Morgan fingerprint density at radius 3 is 2.61 bits per heavy atom. The number of aromatic nitrogens is 2. The van der Waals surface area contributed by atoms with E-state index in [-0.39, 0.29) is 30.9 Å². The molecular formula is C26H24F4N2O. The van der Waals surface area contributed by atoms with Gasteiger partial charge in [0, 0.05) is 30.3 Å². The monoisotopic (exact) mass is 456 g/mol. The molecule has 1 fully saturated rings. The molecule has 0 N–H and O–H groups in total. The molecule has 1 aliphatic carbocycles. The van der Waals surface area contributed by atoms with Gasteiger partial charge in [-0.3, -0.25) is 4.79 Å². The predicted molar refractivity (Wildman–Crippen MR) is 116 cm³/mol. The Hall–Kier alpha value is -2.96. The molecule has 3 atom stereocenters. The fraction of sp³-hybridized carbons (Fsp3) is 0.385. The van der Waals surface area contributed by atoms with Crippen molar-refractivity contribution in [3.63, 3.8) is 0 Å². The smallest absolute Gasteiger partial charge is 0.317 e. The van der Waals surface area contributed by atoms with Crippen LogP contribution in [0.25, 0.3) is 11.4 Å². The van der Waals surface area contributed by atoms with Gasteiger partial charge in [-0.15, -0.1) is 0 Å². The number of imidazole rings is 1. The summed E-state index contributed by atoms with van der Waals surface area (Å²) >= 11 is 0. The summed E-state index contributed by atoms with van der Waals surface area (Å²) in [6.45, 7) is 0. The molecule has 3 aromatic rings. The van der Waals surface area contributed by atoms with Crippen LogP contribution in [0, 0.1) is 17.7 Å². The van der Waals surface area contributed by atoms with Gasteiger partial charge in [0.15, 0.2) is 0 Å². The van der Waals surface area contributed by atoms with Crippen molar-refractivity contribution in [2.45, 2.75) is 50.2 Å². The number of rotatable bonds is 5. The van der Waals surface area contributed by atoms with Gasteiger partial charge in [0.05, 0.1) is 11.5 Å². The maximum Gasteiger partial charge on any atom is 0.391 e. The van der Waals surface area contributed by atoms with Crippen LogP contribution < -0.4 is 0 Å². The zero-order chi connectivity index (χ0) is 23.2. The molecule has 0 saturated heterocycles. The molecule has 172 valence electrons. The number of nitrogens with zero attached hydrogens (tertiary/aromatic N) is 2. The highest BCUT2D eigenvalue weighted by molar-refractivity contribution is 5.82. The van der Waals surface area contributed by atoms with E-state index < -0.39 is 23.6 Å². The van der Waals surface area contributed by atoms with E-state index in [2.05, 4.69) is 4.98 Å². The van der Waals surface area contributed by atoms with Crippen LogP contribution in [0.5, 0.6) is 0 Å². The Morgan fingerprint density at radius 1 is 1.09 bits per heavy atom. The Kier molecular flexibility index (Phi) is 5.38. The van der Waals surface area contributed by atoms with Crippen molar-refractivity contribution in [3.05, 3.63) is 77.9 Å². The number of alkyl halides is 3. The van der Waals surface area contributed by atoms with Crippen LogP contribution in [-0.4, -0.2) is 21.5 Å². The molecule has 1 saturated carbocycles. The zero-order valence-electron chi connectivity index (χ0n) is 18.0. The first-order chi connectivity index (χ1) is 15.8. The number of halogens is 4. The molecule has 1 aliphatic heterocycles. The van der Waals surface area contributed by atoms with Crippen LogP contribution in [0.2, 0.25) is 0 Å². The third kappa shape index (κ3) is 3.67. The van der Waals surface area contributed by atoms with Gasteiger partial charge in [0.25, 0.3) is 0 Å². The van der Waals surface area contributed by atoms with Crippen LogP contribution >= 0.6 is 0 Å². The molecule has 5 rings (SSSR count). The second-order valence-electron chi connectivity index (χ2n) is 9.10. The van der Waals surface area contributed by atoms with Crippen molar-refractivity contribution in [1.29, 1.82) is 0 Å². The first-order valence-corrected chi connectivity index (χ1v) is 11.3. The molecule has 1 aromatic heterocycles. The highest BCUT2D eigenvalue weighted by Gasteiger charge is 2.46. The Balaban J connectivity index is 1.49. The third-order valence-corrected chi connectivity index (χ3v) is 7.31. The maximum absolute atomic E-state index is 13.8. The minimum Gasteiger partial charge on any atom is -0.317 e. The lowest BCUT2D eigenvalue weighted by Crippen LogP contribution is -2.35. The Bertz CT molecular complexity index is 1170. The van der Waals surface area contributed by atoms with E-state index in [9.17, 15) is 22.4 Å². The summed E-state index contributed by atoms with van der Waals surface area (Å²) in [6.07, 6.45) is 0.676. The molecule has 0 amide bonds. The molecule has 0 radical (unpaired) electrons. The number of carbonyl (C=O) groups is 1. The number of hydrogen-bond donors (Lipinski definition) is 0. The third-order valence-electron chi connectivity index (χ3n) is 7.31. The topological polar surface area (TPSA) is 34.9 Å². The van der Waals surface area contributed by atoms with Crippen molar-refractivity contribution in [3.8, 4) is 11.4 Å². The van der Waals surface area contributed by atoms with Gasteiger partial charge in [-0.2, -0.15) is 13.2 Å². The molecule has 2 heterocycles. The highest BCUT2D eigenvalue weighted by atomic mass is 19.4. The first kappa shape index (κ1) is 21.9. The highest BCUT2D eigenvalue weighted by Crippen LogP contribution is 2.50. The van der Waals surface area contributed by atoms with E-state index in [0.717, 1.165) is 22.5 Å². The summed E-state index contributed by atoms with van der Waals surface area (Å²) in [5.74, 6) is -1.70. The zero-order valence-corrected chi connectivity index (χ0v) is 18.0. The number of fused-ring (bicyclic) bond motifs is 3. The van der Waals surface area contributed by atoms with Gasteiger partial charge in [-0.05, 0) is 48.9 Å². The fourth-order valence-electron chi connectivity index (χ4n) is 5.69. The summed E-state index contributed by atoms with van der Waals surface area (Å²) in [4.78, 5) is 17.7. The van der Waals surface area contributed by atoms with Crippen LogP contribution in [0.3, 0.4) is 0 Å². The maximum atomic E-state index is 13.8. The summed E-state index contributed by atoms with van der Waals surface area (Å²) < 4.78 is 55.6. The van der Waals surface area contributed by atoms with E-state index >= 15 is 0 Å². The second kappa shape index (κ2) is 8.12. The van der Waals surface area contributed by atoms with Crippen molar-refractivity contribution in [2.24, 2.45) is 11.8 Å². The van der Waals surface area contributed by atoms with Crippen LogP contribution in [0.4, 0.5) is 17.6 Å². The minimum absolute atomic E-state index is 0.0958. The molecule has 3 unspecified atom stereocenters. The average molecular weight is 456 g/mol. The normalized spacial score (nSPS) is 24.4. The van der Waals surface area contributed by atoms with Crippen LogP contribution in [0.15, 0.2) is 60.9 Å². The molecule has 7 heteroatoms. The van der Waals surface area contributed by atoms with Gasteiger partial charge >= 0.3 is 6.18 Å². The fourth-order valence-corrected chi connectivity index (χ4v) is 5.69. The lowest BCUT2D eigenvalue weighted by Gasteiger charge is -2.35. The van der Waals surface area contributed by atoms with E-state index in [1.165, 1.54) is 12.1 Å². The van der Waals surface area contributed by atoms with Gasteiger partial charge in [-0.1, -0.05) is 42.8 Å². The molecule has 2 aromatic carbocycles. The van der Waals surface area contributed by atoms with Gasteiger partial charge in [0.2, 0.25) is 0 Å². The molecular weight excluding hydrogens is 432 g/mol. The van der Waals surface area contributed by atoms with Gasteiger partial charge in [0.1, 0.15) is 17.4 Å². The lowest BCUT2D eigenvalue weighted by atomic mass is 9.75. The number of benzene rings is 2. The van der Waals surface area contributed by atoms with Gasteiger partial charge in [-0.25, -0.2) is 9.37 Å². The second-order valence-corrected chi connectivity index (χ2v) is 9.10. The van der Waals surface area contributed by atoms with E-state index in [4.69, 9.17) is 0 Å². The summed E-state index contributed by atoms with van der Waals surface area (Å²) in [7, 11) is 0. The standard InChI is InChI=1S/C26H24F4N2O/c27-20-10-8-18(9-11-20)25(22-7-2-1-6-21(22)24-31-14-15-32(24)25)13-12-23(33)17-4-3-5-19(16-17)26(28,29)30/h1-2,6-11,14-15,17,19H,3-5,12-13,16H2. The van der Waals surface area contributed by atoms with Crippen LogP contribution in [-0.2, 0) is 10.3 Å². The summed E-state index contributed by atoms with van der Waals surface area (Å²) in [6, 6.07) is 14.0. The van der Waals surface area contributed by atoms with Crippen molar-refractivity contribution < 1.29 is 22.4 Å². The number of hydrogen-bond acceptors (Lipinski definition) is 2. The predicted octanol–water partition coefficient (Wildman–Crippen LogP) is 6.51. The molecule has 0 spiro atoms. The summed E-state index contributed by atoms with van der Waals surface area (Å²) in [5, 5.41) is 0. The quantitative estimate of drug-likeness (QED) is 0.410. The largest absolute Gasteiger partial charge is 0.391 e. The number of ketones is 1. The van der Waals surface area contributed by atoms with Crippen molar-refractivity contribution in [1.82, 2.24) is 9.55 Å². The number of carbonyl (C=O) groups excluding carboxylic acids is 1. The molecule has 3 nitrogen and oxygen atoms in total. The SMILES string of the molecule is O=C(CCC1(c2ccc(F)cc2)c2ccccc2-c2nccn21)C1CCCC(C(F)(F)F)C1. The van der Waals surface area contributed by atoms with E-state index in [0.29, 0.717) is 19.3 Å². The Morgan fingerprint density at radius 2 is 1.85 bits per heavy atom. The van der Waals surface area contributed by atoms with Crippen molar-refractivity contribution >= 4 is 5.78 Å². The van der Waals surface area contributed by atoms with Gasteiger partial charge < -0.3 is 4.57 Å². The average Bonchev–Trinajstić information content (AvgIpc) is 3.39. The molecule has 33 heavy (non-hydrogen) atoms. The molecule has 0 bridgehead atoms. The van der Waals surface area contributed by atoms with E-state index in [1.54, 1.807) is 18.3 Å². The number of Topliss-reactive ketones (excluding diaryl/α,β-unsaturated/α-hetero) is 1. The van der Waals surface area contributed by atoms with Crippen molar-refractivity contribution in [2.75, 3.05) is 0 Å². The first-order valence-electron chi connectivity index (χ1n) is 11.3. The van der Waals surface area contributed by atoms with E-state index in [1.807, 2.05) is 35.0 Å². The van der Waals surface area contributed by atoms with Crippen LogP contribution in [0.1, 0.15) is 49.7 Å². The summed E-state index contributed by atoms with van der Waals surface area (Å²) in [5.41, 5.74) is 1.94.